The molecule has 3 heterocycles. The maximum absolute atomic E-state index is 13.2. The van der Waals surface area contributed by atoms with Crippen molar-refractivity contribution < 1.29 is 19.1 Å². The second kappa shape index (κ2) is 10.0. The number of thiophene rings is 1. The first-order valence-corrected chi connectivity index (χ1v) is 11.7. The van der Waals surface area contributed by atoms with Gasteiger partial charge in [0.2, 0.25) is 5.91 Å². The first kappa shape index (κ1) is 22.9. The highest BCUT2D eigenvalue weighted by Gasteiger charge is 2.40. The fourth-order valence-electron chi connectivity index (χ4n) is 3.93. The minimum absolute atomic E-state index is 0.0236. The van der Waals surface area contributed by atoms with Crippen LogP contribution in [0.5, 0.6) is 0 Å². The normalized spacial score (nSPS) is 23.5. The lowest BCUT2D eigenvalue weighted by Gasteiger charge is -2.30. The van der Waals surface area contributed by atoms with Crippen LogP contribution in [-0.2, 0) is 14.3 Å². The number of ketones is 1. The zero-order valence-electron chi connectivity index (χ0n) is 18.1. The maximum Gasteiger partial charge on any atom is 0.252 e. The van der Waals surface area contributed by atoms with Crippen LogP contribution >= 0.6 is 11.3 Å². The summed E-state index contributed by atoms with van der Waals surface area (Å²) in [6.07, 6.45) is 3.32. The number of likely N-dealkylation sites (tertiary alicyclic amines) is 1. The summed E-state index contributed by atoms with van der Waals surface area (Å²) in [6, 6.07) is 0.358. The molecule has 0 aromatic carbocycles. The molecule has 166 valence electrons. The molecule has 2 N–H and O–H groups in total. The minimum atomic E-state index is -0.715. The SMILES string of the molecule is CCC(C)(C)C[C@H](NC(=O)c1ccsc1)C(=O)NC1C(=O)COC1CN1CCCC1. The monoisotopic (exact) mass is 435 g/mol. The molecule has 3 atom stereocenters. The van der Waals surface area contributed by atoms with E-state index in [0.717, 1.165) is 32.4 Å². The largest absolute Gasteiger partial charge is 0.366 e. The molecule has 7 nitrogen and oxygen atoms in total. The number of nitrogens with zero attached hydrogens (tertiary/aromatic N) is 1. The molecule has 0 bridgehead atoms. The number of Topliss-reactive ketones (excluding diaryl/α,β-unsaturated/α-hetero) is 1. The van der Waals surface area contributed by atoms with Gasteiger partial charge in [0.05, 0.1) is 11.7 Å². The van der Waals surface area contributed by atoms with E-state index >= 15 is 0 Å². The van der Waals surface area contributed by atoms with Crippen LogP contribution in [0, 0.1) is 5.41 Å². The highest BCUT2D eigenvalue weighted by atomic mass is 32.1. The number of carbonyl (C=O) groups excluding carboxylic acids is 3. The molecule has 1 aromatic rings. The van der Waals surface area contributed by atoms with Crippen LogP contribution in [0.1, 0.15) is 56.8 Å². The van der Waals surface area contributed by atoms with E-state index in [1.54, 1.807) is 11.4 Å². The van der Waals surface area contributed by atoms with Crippen LogP contribution in [0.4, 0.5) is 0 Å². The van der Waals surface area contributed by atoms with Crippen LogP contribution in [0.3, 0.4) is 0 Å². The minimum Gasteiger partial charge on any atom is -0.366 e. The average Bonchev–Trinajstić information content (AvgIpc) is 3.47. The van der Waals surface area contributed by atoms with Gasteiger partial charge in [-0.15, -0.1) is 0 Å². The Hall–Kier alpha value is -1.77. The van der Waals surface area contributed by atoms with Crippen LogP contribution in [-0.4, -0.2) is 66.9 Å². The van der Waals surface area contributed by atoms with E-state index in [0.29, 0.717) is 18.5 Å². The molecule has 8 heteroatoms. The molecule has 0 spiro atoms. The molecule has 2 aliphatic rings. The van der Waals surface area contributed by atoms with E-state index in [1.807, 2.05) is 5.38 Å². The third kappa shape index (κ3) is 5.89. The van der Waals surface area contributed by atoms with Crippen molar-refractivity contribution in [3.63, 3.8) is 0 Å². The summed E-state index contributed by atoms with van der Waals surface area (Å²) in [5.74, 6) is -0.702. The molecule has 2 aliphatic heterocycles. The summed E-state index contributed by atoms with van der Waals surface area (Å²) in [5, 5.41) is 9.37. The molecule has 30 heavy (non-hydrogen) atoms. The topological polar surface area (TPSA) is 87.7 Å². The summed E-state index contributed by atoms with van der Waals surface area (Å²) in [5.41, 5.74) is 0.411. The molecule has 0 aliphatic carbocycles. The van der Waals surface area contributed by atoms with Crippen molar-refractivity contribution in [3.05, 3.63) is 22.4 Å². The predicted octanol–water partition coefficient (Wildman–Crippen LogP) is 2.22. The van der Waals surface area contributed by atoms with Crippen LogP contribution in [0.25, 0.3) is 0 Å². The van der Waals surface area contributed by atoms with Gasteiger partial charge in [-0.05, 0) is 49.2 Å². The molecule has 0 radical (unpaired) electrons. The Bertz CT molecular complexity index is 744. The van der Waals surface area contributed by atoms with E-state index in [-0.39, 0.29) is 35.7 Å². The van der Waals surface area contributed by atoms with Gasteiger partial charge in [-0.2, -0.15) is 11.3 Å². The number of hydrogen-bond donors (Lipinski definition) is 2. The Morgan fingerprint density at radius 1 is 1.33 bits per heavy atom. The Labute approximate surface area is 182 Å². The lowest BCUT2D eigenvalue weighted by molar-refractivity contribution is -0.128. The molecule has 2 unspecified atom stereocenters. The zero-order chi connectivity index (χ0) is 21.7. The highest BCUT2D eigenvalue weighted by Crippen LogP contribution is 2.27. The van der Waals surface area contributed by atoms with Gasteiger partial charge >= 0.3 is 0 Å². The van der Waals surface area contributed by atoms with Crippen molar-refractivity contribution >= 4 is 28.9 Å². The van der Waals surface area contributed by atoms with Gasteiger partial charge in [0, 0.05) is 11.9 Å². The second-order valence-corrected chi connectivity index (χ2v) is 9.85. The van der Waals surface area contributed by atoms with Gasteiger partial charge in [0.25, 0.3) is 5.91 Å². The second-order valence-electron chi connectivity index (χ2n) is 9.07. The molecule has 1 aromatic heterocycles. The number of carbonyl (C=O) groups is 3. The number of hydrogen-bond acceptors (Lipinski definition) is 6. The van der Waals surface area contributed by atoms with E-state index in [2.05, 4.69) is 36.3 Å². The predicted molar refractivity (Wildman–Crippen MR) is 117 cm³/mol. The third-order valence-electron chi connectivity index (χ3n) is 6.21. The lowest BCUT2D eigenvalue weighted by Crippen LogP contribution is -2.55. The molecular formula is C22H33N3O4S. The Kier molecular flexibility index (Phi) is 7.65. The quantitative estimate of drug-likeness (QED) is 0.621. The summed E-state index contributed by atoms with van der Waals surface area (Å²) in [4.78, 5) is 40.5. The molecule has 0 saturated carbocycles. The fraction of sp³-hybridized carbons (Fsp3) is 0.682. The zero-order valence-corrected chi connectivity index (χ0v) is 18.9. The van der Waals surface area contributed by atoms with Crippen LogP contribution in [0.15, 0.2) is 16.8 Å². The number of ether oxygens (including phenoxy) is 1. The number of nitrogens with one attached hydrogen (secondary N) is 2. The lowest BCUT2D eigenvalue weighted by atomic mass is 9.83. The maximum atomic E-state index is 13.2. The van der Waals surface area contributed by atoms with Crippen LogP contribution in [0.2, 0.25) is 0 Å². The van der Waals surface area contributed by atoms with Crippen molar-refractivity contribution in [2.24, 2.45) is 5.41 Å². The van der Waals surface area contributed by atoms with E-state index in [1.165, 1.54) is 11.3 Å². The van der Waals surface area contributed by atoms with Gasteiger partial charge in [-0.1, -0.05) is 27.2 Å². The van der Waals surface area contributed by atoms with Crippen LogP contribution < -0.4 is 10.6 Å². The molecule has 2 amide bonds. The Morgan fingerprint density at radius 3 is 2.70 bits per heavy atom. The fourth-order valence-corrected chi connectivity index (χ4v) is 4.57. The molecule has 3 rings (SSSR count). The first-order valence-electron chi connectivity index (χ1n) is 10.8. The van der Waals surface area contributed by atoms with Gasteiger partial charge < -0.3 is 20.3 Å². The van der Waals surface area contributed by atoms with E-state index in [4.69, 9.17) is 4.74 Å². The van der Waals surface area contributed by atoms with Gasteiger partial charge in [0.15, 0.2) is 5.78 Å². The molecular weight excluding hydrogens is 402 g/mol. The smallest absolute Gasteiger partial charge is 0.252 e. The standard InChI is InChI=1S/C22H33N3O4S/c1-4-22(2,3)11-16(23-20(27)15-7-10-30-14-15)21(28)24-19-17(26)13-29-18(19)12-25-8-5-6-9-25/h7,10,14,16,18-19H,4-6,8-9,11-13H2,1-3H3,(H,23,27)(H,24,28)/t16-,18?,19?/m0/s1. The van der Waals surface area contributed by atoms with Crippen molar-refractivity contribution in [1.29, 1.82) is 0 Å². The van der Waals surface area contributed by atoms with Gasteiger partial charge in [-0.3, -0.25) is 14.4 Å². The Balaban J connectivity index is 1.68. The van der Waals surface area contributed by atoms with E-state index in [9.17, 15) is 14.4 Å². The van der Waals surface area contributed by atoms with Gasteiger partial charge in [-0.25, -0.2) is 0 Å². The van der Waals surface area contributed by atoms with Crippen molar-refractivity contribution in [2.75, 3.05) is 26.2 Å². The summed E-state index contributed by atoms with van der Waals surface area (Å²) >= 11 is 1.44. The highest BCUT2D eigenvalue weighted by molar-refractivity contribution is 7.08. The van der Waals surface area contributed by atoms with E-state index < -0.39 is 12.1 Å². The Morgan fingerprint density at radius 2 is 2.07 bits per heavy atom. The number of rotatable bonds is 9. The number of amides is 2. The van der Waals surface area contributed by atoms with Gasteiger partial charge in [0.1, 0.15) is 18.7 Å². The summed E-state index contributed by atoms with van der Waals surface area (Å²) in [7, 11) is 0. The van der Waals surface area contributed by atoms with Crippen molar-refractivity contribution in [3.8, 4) is 0 Å². The third-order valence-corrected chi connectivity index (χ3v) is 6.90. The average molecular weight is 436 g/mol. The van der Waals surface area contributed by atoms with Crippen molar-refractivity contribution in [2.45, 2.75) is 64.6 Å². The summed E-state index contributed by atoms with van der Waals surface area (Å²) in [6.45, 7) is 8.88. The first-order chi connectivity index (χ1) is 14.3. The molecule has 2 saturated heterocycles. The molecule has 2 fully saturated rings. The summed E-state index contributed by atoms with van der Waals surface area (Å²) < 4.78 is 5.69. The van der Waals surface area contributed by atoms with Crippen molar-refractivity contribution in [1.82, 2.24) is 15.5 Å².